The number of imidazole rings is 1. The molecule has 0 atom stereocenters. The lowest BCUT2D eigenvalue weighted by molar-refractivity contribution is 0.598. The topological polar surface area (TPSA) is 160 Å². The first kappa shape index (κ1) is 16.1. The standard InChI is InChI=1S/C14H13N9O2S/c15-13-12-14(18-7-17-13)22(8-19-12)5-9-6-23(21-20-9)10-1-3-11(4-2-10)26(16,24)25/h1-4,6-8H,5H2,(H2,15,17,18)(H2,16,24,25). The van der Waals surface area contributed by atoms with Crippen LogP contribution in [0.25, 0.3) is 16.9 Å². The highest BCUT2D eigenvalue weighted by atomic mass is 32.2. The quantitative estimate of drug-likeness (QED) is 0.493. The number of anilines is 1. The van der Waals surface area contributed by atoms with Crippen molar-refractivity contribution in [2.24, 2.45) is 5.14 Å². The van der Waals surface area contributed by atoms with Crippen LogP contribution in [0.1, 0.15) is 5.69 Å². The number of sulfonamides is 1. The number of benzene rings is 1. The van der Waals surface area contributed by atoms with Crippen molar-refractivity contribution in [2.45, 2.75) is 11.4 Å². The molecule has 0 saturated heterocycles. The molecule has 4 N–H and O–H groups in total. The summed E-state index contributed by atoms with van der Waals surface area (Å²) in [6.45, 7) is 0.391. The summed E-state index contributed by atoms with van der Waals surface area (Å²) >= 11 is 0. The molecule has 12 heteroatoms. The Hall–Kier alpha value is -3.38. The minimum Gasteiger partial charge on any atom is -0.382 e. The van der Waals surface area contributed by atoms with Gasteiger partial charge in [0.1, 0.15) is 17.5 Å². The Morgan fingerprint density at radius 2 is 1.85 bits per heavy atom. The van der Waals surface area contributed by atoms with Crippen molar-refractivity contribution >= 4 is 27.0 Å². The number of rotatable bonds is 4. The van der Waals surface area contributed by atoms with Crippen molar-refractivity contribution in [1.82, 2.24) is 34.5 Å². The average molecular weight is 371 g/mol. The summed E-state index contributed by atoms with van der Waals surface area (Å²) in [6.07, 6.45) is 4.71. The van der Waals surface area contributed by atoms with Crippen molar-refractivity contribution in [1.29, 1.82) is 0 Å². The molecular formula is C14H13N9O2S. The Morgan fingerprint density at radius 1 is 1.08 bits per heavy atom. The maximum absolute atomic E-state index is 11.3. The van der Waals surface area contributed by atoms with Gasteiger partial charge in [-0.2, -0.15) is 0 Å². The molecule has 132 valence electrons. The average Bonchev–Trinajstić information content (AvgIpc) is 3.23. The Balaban J connectivity index is 1.61. The maximum Gasteiger partial charge on any atom is 0.238 e. The van der Waals surface area contributed by atoms with Gasteiger partial charge in [0.05, 0.1) is 29.7 Å². The number of nitrogens with two attached hydrogens (primary N) is 2. The third-order valence-corrected chi connectivity index (χ3v) is 4.66. The number of aromatic nitrogens is 7. The zero-order valence-electron chi connectivity index (χ0n) is 13.3. The van der Waals surface area contributed by atoms with Gasteiger partial charge in [0, 0.05) is 0 Å². The zero-order valence-corrected chi connectivity index (χ0v) is 14.1. The first-order valence-corrected chi connectivity index (χ1v) is 8.92. The Labute approximate surface area is 147 Å². The molecule has 0 fully saturated rings. The van der Waals surface area contributed by atoms with Crippen LogP contribution in [0.5, 0.6) is 0 Å². The fourth-order valence-electron chi connectivity index (χ4n) is 2.47. The van der Waals surface area contributed by atoms with Crippen LogP contribution in [-0.2, 0) is 16.6 Å². The molecule has 11 nitrogen and oxygen atoms in total. The number of nitrogens with zero attached hydrogens (tertiary/aromatic N) is 7. The lowest BCUT2D eigenvalue weighted by atomic mass is 10.3. The first-order chi connectivity index (χ1) is 12.4. The monoisotopic (exact) mass is 371 g/mol. The van der Waals surface area contributed by atoms with E-state index in [4.69, 9.17) is 10.9 Å². The van der Waals surface area contributed by atoms with Gasteiger partial charge >= 0.3 is 0 Å². The number of nitrogen functional groups attached to an aromatic ring is 1. The first-order valence-electron chi connectivity index (χ1n) is 7.37. The molecule has 26 heavy (non-hydrogen) atoms. The summed E-state index contributed by atoms with van der Waals surface area (Å²) in [5, 5.41) is 13.3. The van der Waals surface area contributed by atoms with Crippen LogP contribution < -0.4 is 10.9 Å². The van der Waals surface area contributed by atoms with E-state index in [-0.39, 0.29) is 4.90 Å². The van der Waals surface area contributed by atoms with Crippen molar-refractivity contribution < 1.29 is 8.42 Å². The molecule has 0 radical (unpaired) electrons. The summed E-state index contributed by atoms with van der Waals surface area (Å²) in [4.78, 5) is 12.3. The van der Waals surface area contributed by atoms with E-state index in [0.29, 0.717) is 34.9 Å². The predicted octanol–water partition coefficient (Wildman–Crippen LogP) is -0.315. The van der Waals surface area contributed by atoms with Crippen LogP contribution in [0.2, 0.25) is 0 Å². The fraction of sp³-hybridized carbons (Fsp3) is 0.0714. The van der Waals surface area contributed by atoms with E-state index in [1.54, 1.807) is 29.2 Å². The van der Waals surface area contributed by atoms with Crippen LogP contribution in [-0.4, -0.2) is 42.9 Å². The van der Waals surface area contributed by atoms with E-state index < -0.39 is 10.0 Å². The van der Waals surface area contributed by atoms with Gasteiger partial charge in [-0.15, -0.1) is 5.10 Å². The van der Waals surface area contributed by atoms with E-state index in [1.165, 1.54) is 23.1 Å². The molecule has 0 unspecified atom stereocenters. The summed E-state index contributed by atoms with van der Waals surface area (Å²) in [7, 11) is -3.73. The second-order valence-electron chi connectivity index (χ2n) is 5.50. The normalized spacial score (nSPS) is 11.9. The van der Waals surface area contributed by atoms with Crippen LogP contribution in [0.15, 0.2) is 48.0 Å². The zero-order chi connectivity index (χ0) is 18.3. The highest BCUT2D eigenvalue weighted by Gasteiger charge is 2.11. The summed E-state index contributed by atoms with van der Waals surface area (Å²) in [6, 6.07) is 6.02. The van der Waals surface area contributed by atoms with E-state index in [2.05, 4.69) is 25.3 Å². The second kappa shape index (κ2) is 5.86. The third kappa shape index (κ3) is 2.87. The Morgan fingerprint density at radius 3 is 2.58 bits per heavy atom. The van der Waals surface area contributed by atoms with Crippen molar-refractivity contribution in [3.63, 3.8) is 0 Å². The fourth-order valence-corrected chi connectivity index (χ4v) is 2.99. The van der Waals surface area contributed by atoms with Gasteiger partial charge in [-0.3, -0.25) is 0 Å². The van der Waals surface area contributed by atoms with E-state index in [9.17, 15) is 8.42 Å². The van der Waals surface area contributed by atoms with Gasteiger partial charge < -0.3 is 10.3 Å². The van der Waals surface area contributed by atoms with Gasteiger partial charge in [-0.1, -0.05) is 5.21 Å². The smallest absolute Gasteiger partial charge is 0.238 e. The molecule has 0 aliphatic rings. The second-order valence-corrected chi connectivity index (χ2v) is 7.06. The molecule has 0 amide bonds. The molecule has 3 aromatic heterocycles. The van der Waals surface area contributed by atoms with Crippen molar-refractivity contribution in [3.05, 3.63) is 48.8 Å². The van der Waals surface area contributed by atoms with Crippen LogP contribution in [0, 0.1) is 0 Å². The minimum absolute atomic E-state index is 0.0312. The van der Waals surface area contributed by atoms with Gasteiger partial charge in [-0.05, 0) is 24.3 Å². The van der Waals surface area contributed by atoms with E-state index >= 15 is 0 Å². The summed E-state index contributed by atoms with van der Waals surface area (Å²) in [5.41, 5.74) is 8.22. The molecule has 0 aliphatic heterocycles. The molecule has 1 aromatic carbocycles. The van der Waals surface area contributed by atoms with Gasteiger partial charge in [-0.25, -0.2) is 33.2 Å². The molecule has 0 saturated carbocycles. The molecule has 0 bridgehead atoms. The molecule has 0 aliphatic carbocycles. The molecule has 4 rings (SSSR count). The molecular weight excluding hydrogens is 358 g/mol. The van der Waals surface area contributed by atoms with Gasteiger partial charge in [0.15, 0.2) is 11.5 Å². The highest BCUT2D eigenvalue weighted by Crippen LogP contribution is 2.16. The number of fused-ring (bicyclic) bond motifs is 1. The van der Waals surface area contributed by atoms with Crippen LogP contribution in [0.4, 0.5) is 5.82 Å². The number of primary sulfonamides is 1. The molecule has 0 spiro atoms. The summed E-state index contributed by atoms with van der Waals surface area (Å²) in [5.74, 6) is 0.312. The van der Waals surface area contributed by atoms with Gasteiger partial charge in [0.25, 0.3) is 0 Å². The largest absolute Gasteiger partial charge is 0.382 e. The highest BCUT2D eigenvalue weighted by molar-refractivity contribution is 7.89. The predicted molar refractivity (Wildman–Crippen MR) is 91.6 cm³/mol. The van der Waals surface area contributed by atoms with Crippen LogP contribution in [0.3, 0.4) is 0 Å². The lowest BCUT2D eigenvalue weighted by Gasteiger charge is -2.02. The van der Waals surface area contributed by atoms with Crippen LogP contribution >= 0.6 is 0 Å². The van der Waals surface area contributed by atoms with Gasteiger partial charge in [0.2, 0.25) is 10.0 Å². The number of hydrogen-bond acceptors (Lipinski definition) is 8. The van der Waals surface area contributed by atoms with Crippen molar-refractivity contribution in [3.8, 4) is 5.69 Å². The molecule has 4 aromatic rings. The summed E-state index contributed by atoms with van der Waals surface area (Å²) < 4.78 is 25.9. The maximum atomic E-state index is 11.3. The SMILES string of the molecule is Nc1ncnc2c1ncn2Cc1cn(-c2ccc(S(N)(=O)=O)cc2)nn1. The Kier molecular flexibility index (Phi) is 3.63. The molecule has 3 heterocycles. The number of hydrogen-bond donors (Lipinski definition) is 2. The van der Waals surface area contributed by atoms with E-state index in [0.717, 1.165) is 0 Å². The third-order valence-electron chi connectivity index (χ3n) is 3.73. The lowest BCUT2D eigenvalue weighted by Crippen LogP contribution is -2.12. The van der Waals surface area contributed by atoms with E-state index in [1.807, 2.05) is 0 Å². The van der Waals surface area contributed by atoms with Crippen molar-refractivity contribution in [2.75, 3.05) is 5.73 Å². The Bertz CT molecular complexity index is 1190. The minimum atomic E-state index is -3.73.